The first-order chi connectivity index (χ1) is 5.99. The number of carbonyl (C=O) groups excluding carboxylic acids is 1. The molecule has 0 spiro atoms. The zero-order valence-electron chi connectivity index (χ0n) is 7.90. The second-order valence-corrected chi connectivity index (χ2v) is 2.53. The fourth-order valence-electron chi connectivity index (χ4n) is 0.662. The van der Waals surface area contributed by atoms with Crippen molar-refractivity contribution in [1.29, 1.82) is 0 Å². The number of hydrogen-bond acceptors (Lipinski definition) is 4. The van der Waals surface area contributed by atoms with Crippen molar-refractivity contribution in [2.24, 2.45) is 0 Å². The average molecular weight is 187 g/mol. The van der Waals surface area contributed by atoms with Crippen LogP contribution in [-0.2, 0) is 14.3 Å². The molecular formula is C8H13NO4. The van der Waals surface area contributed by atoms with E-state index in [1.807, 2.05) is 0 Å². The molecule has 0 fully saturated rings. The Hall–Kier alpha value is -1.52. The lowest BCUT2D eigenvalue weighted by atomic mass is 10.3. The van der Waals surface area contributed by atoms with Gasteiger partial charge in [-0.05, 0) is 6.92 Å². The topological polar surface area (TPSA) is 66.8 Å². The minimum atomic E-state index is -1.29. The van der Waals surface area contributed by atoms with Crippen molar-refractivity contribution < 1.29 is 19.4 Å². The molecule has 0 aromatic rings. The van der Waals surface area contributed by atoms with E-state index >= 15 is 0 Å². The Kier molecular flexibility index (Phi) is 4.58. The summed E-state index contributed by atoms with van der Waals surface area (Å²) in [7, 11) is 3.25. The lowest BCUT2D eigenvalue weighted by Gasteiger charge is -2.07. The lowest BCUT2D eigenvalue weighted by molar-refractivity contribution is -0.144. The Morgan fingerprint density at radius 1 is 1.46 bits per heavy atom. The average Bonchev–Trinajstić information content (AvgIpc) is 1.99. The van der Waals surface area contributed by atoms with Gasteiger partial charge in [0, 0.05) is 20.3 Å². The van der Waals surface area contributed by atoms with Crippen molar-refractivity contribution in [1.82, 2.24) is 4.90 Å². The monoisotopic (exact) mass is 187 g/mol. The highest BCUT2D eigenvalue weighted by Crippen LogP contribution is 1.99. The van der Waals surface area contributed by atoms with E-state index in [1.165, 1.54) is 11.1 Å². The molecule has 0 radical (unpaired) electrons. The van der Waals surface area contributed by atoms with Gasteiger partial charge in [0.25, 0.3) is 0 Å². The van der Waals surface area contributed by atoms with Gasteiger partial charge in [-0.1, -0.05) is 0 Å². The van der Waals surface area contributed by atoms with Crippen LogP contribution in [0.4, 0.5) is 0 Å². The van der Waals surface area contributed by atoms with E-state index in [0.717, 1.165) is 0 Å². The Morgan fingerprint density at radius 2 is 2.00 bits per heavy atom. The minimum Gasteiger partial charge on any atom is -0.477 e. The van der Waals surface area contributed by atoms with Crippen molar-refractivity contribution in [3.8, 4) is 0 Å². The molecule has 0 bridgehead atoms. The molecule has 0 saturated heterocycles. The highest BCUT2D eigenvalue weighted by atomic mass is 16.5. The van der Waals surface area contributed by atoms with E-state index in [9.17, 15) is 9.59 Å². The SMILES string of the molecule is CCOC(=O)C(=CN(C)C)C(=O)O. The van der Waals surface area contributed by atoms with E-state index in [-0.39, 0.29) is 12.2 Å². The number of carboxylic acid groups (broad SMARTS) is 1. The quantitative estimate of drug-likeness (QED) is 0.292. The molecule has 13 heavy (non-hydrogen) atoms. The smallest absolute Gasteiger partial charge is 0.347 e. The summed E-state index contributed by atoms with van der Waals surface area (Å²) in [6.45, 7) is 1.78. The summed E-state index contributed by atoms with van der Waals surface area (Å²) in [6.07, 6.45) is 1.21. The van der Waals surface area contributed by atoms with Gasteiger partial charge in [0.05, 0.1) is 6.61 Å². The Bertz CT molecular complexity index is 232. The normalized spacial score (nSPS) is 10.8. The zero-order chi connectivity index (χ0) is 10.4. The molecule has 5 heteroatoms. The van der Waals surface area contributed by atoms with Crippen molar-refractivity contribution in [2.45, 2.75) is 6.92 Å². The van der Waals surface area contributed by atoms with Gasteiger partial charge < -0.3 is 14.7 Å². The predicted octanol–water partition coefficient (Wildman–Crippen LogP) is 0.0796. The number of carboxylic acids is 1. The fraction of sp³-hybridized carbons (Fsp3) is 0.500. The molecule has 0 rings (SSSR count). The minimum absolute atomic E-state index is 0.164. The van der Waals surface area contributed by atoms with Gasteiger partial charge in [-0.2, -0.15) is 0 Å². The molecule has 5 nitrogen and oxygen atoms in total. The van der Waals surface area contributed by atoms with E-state index in [1.54, 1.807) is 21.0 Å². The van der Waals surface area contributed by atoms with Crippen LogP contribution >= 0.6 is 0 Å². The number of esters is 1. The highest BCUT2D eigenvalue weighted by molar-refractivity contribution is 6.13. The van der Waals surface area contributed by atoms with Crippen LogP contribution in [0.15, 0.2) is 11.8 Å². The summed E-state index contributed by atoms with van der Waals surface area (Å²) in [4.78, 5) is 23.1. The van der Waals surface area contributed by atoms with Crippen molar-refractivity contribution in [2.75, 3.05) is 20.7 Å². The molecule has 0 heterocycles. The van der Waals surface area contributed by atoms with Crippen LogP contribution in [0.1, 0.15) is 6.92 Å². The molecule has 0 aromatic carbocycles. The molecular weight excluding hydrogens is 174 g/mol. The van der Waals surface area contributed by atoms with Gasteiger partial charge in [-0.3, -0.25) is 0 Å². The number of ether oxygens (including phenoxy) is 1. The number of nitrogens with zero attached hydrogens (tertiary/aromatic N) is 1. The fourth-order valence-corrected chi connectivity index (χ4v) is 0.662. The van der Waals surface area contributed by atoms with Crippen molar-refractivity contribution in [3.63, 3.8) is 0 Å². The first-order valence-electron chi connectivity index (χ1n) is 3.77. The van der Waals surface area contributed by atoms with E-state index in [2.05, 4.69) is 4.74 Å². The third kappa shape index (κ3) is 4.15. The van der Waals surface area contributed by atoms with E-state index in [4.69, 9.17) is 5.11 Å². The van der Waals surface area contributed by atoms with Crippen LogP contribution in [0.2, 0.25) is 0 Å². The summed E-state index contributed by atoms with van der Waals surface area (Å²) < 4.78 is 4.55. The third-order valence-electron chi connectivity index (χ3n) is 1.11. The van der Waals surface area contributed by atoms with Crippen molar-refractivity contribution in [3.05, 3.63) is 11.8 Å². The number of rotatable bonds is 4. The summed E-state index contributed by atoms with van der Waals surface area (Å²) >= 11 is 0. The first-order valence-corrected chi connectivity index (χ1v) is 3.77. The van der Waals surface area contributed by atoms with Gasteiger partial charge in [-0.25, -0.2) is 9.59 Å². The van der Waals surface area contributed by atoms with E-state index < -0.39 is 11.9 Å². The number of aliphatic carboxylic acids is 1. The third-order valence-corrected chi connectivity index (χ3v) is 1.11. The Morgan fingerprint density at radius 3 is 2.31 bits per heavy atom. The maximum Gasteiger partial charge on any atom is 0.347 e. The van der Waals surface area contributed by atoms with Crippen LogP contribution in [0, 0.1) is 0 Å². The molecule has 0 amide bonds. The Balaban J connectivity index is 4.61. The number of hydrogen-bond donors (Lipinski definition) is 1. The molecule has 0 aliphatic heterocycles. The molecule has 0 saturated carbocycles. The molecule has 1 N–H and O–H groups in total. The molecule has 0 atom stereocenters. The Labute approximate surface area is 76.6 Å². The molecule has 0 aromatic heterocycles. The van der Waals surface area contributed by atoms with Gasteiger partial charge in [0.2, 0.25) is 0 Å². The van der Waals surface area contributed by atoms with Gasteiger partial charge in [0.1, 0.15) is 0 Å². The van der Waals surface area contributed by atoms with Gasteiger partial charge in [0.15, 0.2) is 5.57 Å². The molecule has 74 valence electrons. The lowest BCUT2D eigenvalue weighted by Crippen LogP contribution is -2.18. The van der Waals surface area contributed by atoms with Crippen molar-refractivity contribution >= 4 is 11.9 Å². The first kappa shape index (κ1) is 11.5. The zero-order valence-corrected chi connectivity index (χ0v) is 7.90. The largest absolute Gasteiger partial charge is 0.477 e. The van der Waals surface area contributed by atoms with E-state index in [0.29, 0.717) is 0 Å². The molecule has 0 aliphatic carbocycles. The van der Waals surface area contributed by atoms with Gasteiger partial charge >= 0.3 is 11.9 Å². The number of carbonyl (C=O) groups is 2. The summed E-state index contributed by atoms with van der Waals surface area (Å²) in [5, 5.41) is 8.62. The molecule has 0 unspecified atom stereocenters. The summed E-state index contributed by atoms with van der Waals surface area (Å²) in [5.41, 5.74) is -0.369. The second kappa shape index (κ2) is 5.18. The summed E-state index contributed by atoms with van der Waals surface area (Å²) in [5.74, 6) is -2.10. The highest BCUT2D eigenvalue weighted by Gasteiger charge is 2.18. The van der Waals surface area contributed by atoms with Crippen LogP contribution < -0.4 is 0 Å². The van der Waals surface area contributed by atoms with Gasteiger partial charge in [-0.15, -0.1) is 0 Å². The van der Waals surface area contributed by atoms with Crippen LogP contribution in [0.3, 0.4) is 0 Å². The van der Waals surface area contributed by atoms with Crippen LogP contribution in [0.5, 0.6) is 0 Å². The van der Waals surface area contributed by atoms with Crippen LogP contribution in [-0.4, -0.2) is 42.6 Å². The second-order valence-electron chi connectivity index (χ2n) is 2.53. The standard InChI is InChI=1S/C8H13NO4/c1-4-13-8(12)6(7(10)11)5-9(2)3/h5H,4H2,1-3H3,(H,10,11). The molecule has 0 aliphatic rings. The van der Waals surface area contributed by atoms with Crippen LogP contribution in [0.25, 0.3) is 0 Å². The maximum absolute atomic E-state index is 11.0. The summed E-state index contributed by atoms with van der Waals surface area (Å²) in [6, 6.07) is 0. The predicted molar refractivity (Wildman–Crippen MR) is 46.0 cm³/mol. The maximum atomic E-state index is 11.0.